The highest BCUT2D eigenvalue weighted by Gasteiger charge is 2.22. The predicted octanol–water partition coefficient (Wildman–Crippen LogP) is 4.70. The number of thioether (sulfide) groups is 1. The summed E-state index contributed by atoms with van der Waals surface area (Å²) in [5, 5.41) is 0. The molecule has 0 spiro atoms. The van der Waals surface area contributed by atoms with Gasteiger partial charge >= 0.3 is 0 Å². The fourth-order valence-corrected chi connectivity index (χ4v) is 4.92. The number of allylic oxidation sites excluding steroid dienone is 3. The maximum Gasteiger partial charge on any atom is 0.237 e. The Morgan fingerprint density at radius 2 is 2.19 bits per heavy atom. The maximum absolute atomic E-state index is 12.7. The summed E-state index contributed by atoms with van der Waals surface area (Å²) in [6, 6.07) is 6.26. The third kappa shape index (κ3) is 3.86. The molecule has 2 heterocycles. The van der Waals surface area contributed by atoms with Crippen molar-refractivity contribution in [2.75, 3.05) is 31.3 Å². The fourth-order valence-electron chi connectivity index (χ4n) is 2.99. The highest BCUT2D eigenvalue weighted by atomic mass is 32.2. The van der Waals surface area contributed by atoms with Gasteiger partial charge in [-0.2, -0.15) is 0 Å². The molecule has 4 nitrogen and oxygen atoms in total. The monoisotopic (exact) mass is 385 g/mol. The molecule has 0 unspecified atom stereocenters. The van der Waals surface area contributed by atoms with Gasteiger partial charge in [0.15, 0.2) is 4.34 Å². The van der Waals surface area contributed by atoms with E-state index in [4.69, 9.17) is 0 Å². The molecule has 26 heavy (non-hydrogen) atoms. The molecule has 6 heteroatoms. The van der Waals surface area contributed by atoms with Crippen molar-refractivity contribution in [3.05, 3.63) is 54.8 Å². The van der Waals surface area contributed by atoms with Crippen LogP contribution in [-0.2, 0) is 4.79 Å². The van der Waals surface area contributed by atoms with Gasteiger partial charge in [-0.1, -0.05) is 31.0 Å². The lowest BCUT2D eigenvalue weighted by Crippen LogP contribution is -2.35. The molecular weight excluding hydrogens is 362 g/mol. The maximum atomic E-state index is 12.7. The normalized spacial score (nSPS) is 14.6. The van der Waals surface area contributed by atoms with E-state index in [1.807, 2.05) is 25.1 Å². The number of anilines is 1. The van der Waals surface area contributed by atoms with E-state index in [1.54, 1.807) is 17.4 Å². The van der Waals surface area contributed by atoms with Gasteiger partial charge in [-0.15, -0.1) is 11.3 Å². The summed E-state index contributed by atoms with van der Waals surface area (Å²) < 4.78 is 2.07. The zero-order valence-electron chi connectivity index (χ0n) is 15.2. The molecule has 1 amide bonds. The summed E-state index contributed by atoms with van der Waals surface area (Å²) in [6.07, 6.45) is 5.51. The van der Waals surface area contributed by atoms with Crippen molar-refractivity contribution >= 4 is 44.9 Å². The van der Waals surface area contributed by atoms with Crippen LogP contribution >= 0.6 is 23.1 Å². The molecule has 0 fully saturated rings. The average molecular weight is 386 g/mol. The van der Waals surface area contributed by atoms with Crippen molar-refractivity contribution < 1.29 is 4.79 Å². The zero-order valence-corrected chi connectivity index (χ0v) is 16.8. The molecule has 0 atom stereocenters. The highest BCUT2D eigenvalue weighted by Crippen LogP contribution is 2.32. The van der Waals surface area contributed by atoms with Crippen molar-refractivity contribution in [2.24, 2.45) is 0 Å². The number of carbonyl (C=O) groups excluding carboxylic acids is 1. The van der Waals surface area contributed by atoms with E-state index in [0.29, 0.717) is 5.75 Å². The van der Waals surface area contributed by atoms with Crippen LogP contribution in [0.4, 0.5) is 5.69 Å². The first-order chi connectivity index (χ1) is 12.5. The molecule has 0 N–H and O–H groups in total. The number of hydrogen-bond donors (Lipinski definition) is 0. The van der Waals surface area contributed by atoms with Crippen molar-refractivity contribution in [2.45, 2.75) is 17.2 Å². The van der Waals surface area contributed by atoms with Crippen LogP contribution in [0, 0.1) is 0 Å². The number of benzene rings is 1. The minimum Gasteiger partial charge on any atom is -0.378 e. The Labute approximate surface area is 162 Å². The van der Waals surface area contributed by atoms with Crippen LogP contribution in [0.1, 0.15) is 12.8 Å². The first-order valence-electron chi connectivity index (χ1n) is 8.52. The van der Waals surface area contributed by atoms with E-state index in [0.717, 1.165) is 50.9 Å². The molecule has 136 valence electrons. The molecular formula is C20H23N3OS2. The molecule has 0 radical (unpaired) electrons. The highest BCUT2D eigenvalue weighted by molar-refractivity contribution is 8.01. The summed E-state index contributed by atoms with van der Waals surface area (Å²) in [7, 11) is 4.03. The second kappa shape index (κ2) is 8.10. The summed E-state index contributed by atoms with van der Waals surface area (Å²) in [6.45, 7) is 8.46. The smallest absolute Gasteiger partial charge is 0.237 e. The Balaban J connectivity index is 1.72. The van der Waals surface area contributed by atoms with E-state index in [9.17, 15) is 4.79 Å². The van der Waals surface area contributed by atoms with Crippen molar-refractivity contribution in [1.29, 1.82) is 0 Å². The van der Waals surface area contributed by atoms with Gasteiger partial charge in [0.1, 0.15) is 0 Å². The molecule has 0 aliphatic carbocycles. The van der Waals surface area contributed by atoms with Gasteiger partial charge < -0.3 is 9.80 Å². The van der Waals surface area contributed by atoms with Crippen LogP contribution < -0.4 is 4.90 Å². The third-order valence-corrected chi connectivity index (χ3v) is 6.54. The number of aromatic nitrogens is 1. The zero-order chi connectivity index (χ0) is 18.7. The Morgan fingerprint density at radius 1 is 1.38 bits per heavy atom. The molecule has 1 aromatic carbocycles. The lowest BCUT2D eigenvalue weighted by molar-refractivity contribution is -0.126. The summed E-state index contributed by atoms with van der Waals surface area (Å²) in [4.78, 5) is 21.3. The van der Waals surface area contributed by atoms with Gasteiger partial charge in [-0.3, -0.25) is 4.79 Å². The Morgan fingerprint density at radius 3 is 2.88 bits per heavy atom. The van der Waals surface area contributed by atoms with E-state index in [-0.39, 0.29) is 5.91 Å². The Kier molecular flexibility index (Phi) is 5.84. The van der Waals surface area contributed by atoms with E-state index < -0.39 is 0 Å². The number of nitrogens with zero attached hydrogens (tertiary/aromatic N) is 3. The van der Waals surface area contributed by atoms with E-state index in [2.05, 4.69) is 41.2 Å². The standard InChI is InChI=1S/C20H23N3OS2/c1-5-14-8-7-11-23(17(14)6-2)19(24)13-25-20-21-16-12-15(22(3)4)9-10-18(16)26-20/h5-6,9-10,12H,1-2,7-8,11,13H2,3-4H3. The van der Waals surface area contributed by atoms with Crippen LogP contribution in [0.5, 0.6) is 0 Å². The molecule has 1 aliphatic rings. The van der Waals surface area contributed by atoms with Gasteiger partial charge in [0.05, 0.1) is 16.0 Å². The number of carbonyl (C=O) groups is 1. The SMILES string of the molecule is C=CC1=C(C=C)N(C(=O)CSc2nc3cc(N(C)C)ccc3s2)CCC1. The molecule has 2 aromatic rings. The third-order valence-electron chi connectivity index (χ3n) is 4.38. The lowest BCUT2D eigenvalue weighted by atomic mass is 10.0. The minimum atomic E-state index is 0.0946. The van der Waals surface area contributed by atoms with Gasteiger partial charge in [0.2, 0.25) is 5.91 Å². The topological polar surface area (TPSA) is 36.4 Å². The summed E-state index contributed by atoms with van der Waals surface area (Å²) >= 11 is 3.14. The molecule has 1 aromatic heterocycles. The number of hydrogen-bond acceptors (Lipinski definition) is 5. The molecule has 3 rings (SSSR count). The lowest BCUT2D eigenvalue weighted by Gasteiger charge is -2.29. The first-order valence-corrected chi connectivity index (χ1v) is 10.3. The minimum absolute atomic E-state index is 0.0946. The summed E-state index contributed by atoms with van der Waals surface area (Å²) in [5.41, 5.74) is 4.11. The molecule has 0 bridgehead atoms. The second-order valence-electron chi connectivity index (χ2n) is 6.28. The van der Waals surface area contributed by atoms with Crippen LogP contribution in [0.15, 0.2) is 59.1 Å². The van der Waals surface area contributed by atoms with Crippen LogP contribution in [0.3, 0.4) is 0 Å². The van der Waals surface area contributed by atoms with E-state index in [1.165, 1.54) is 11.8 Å². The van der Waals surface area contributed by atoms with Crippen molar-refractivity contribution in [3.8, 4) is 0 Å². The largest absolute Gasteiger partial charge is 0.378 e. The number of amides is 1. The Bertz CT molecular complexity index is 882. The van der Waals surface area contributed by atoms with Gasteiger partial charge in [-0.25, -0.2) is 4.98 Å². The molecule has 1 aliphatic heterocycles. The van der Waals surface area contributed by atoms with Crippen molar-refractivity contribution in [1.82, 2.24) is 9.88 Å². The van der Waals surface area contributed by atoms with Crippen molar-refractivity contribution in [3.63, 3.8) is 0 Å². The number of fused-ring (bicyclic) bond motifs is 1. The van der Waals surface area contributed by atoms with Gasteiger partial charge in [0, 0.05) is 32.0 Å². The number of rotatable bonds is 6. The van der Waals surface area contributed by atoms with Gasteiger partial charge in [-0.05, 0) is 42.7 Å². The van der Waals surface area contributed by atoms with Crippen LogP contribution in [-0.4, -0.2) is 42.2 Å². The second-order valence-corrected chi connectivity index (χ2v) is 8.54. The van der Waals surface area contributed by atoms with Gasteiger partial charge in [0.25, 0.3) is 0 Å². The quantitative estimate of drug-likeness (QED) is 0.675. The Hall–Kier alpha value is -2.05. The fraction of sp³-hybridized carbons (Fsp3) is 0.300. The average Bonchev–Trinajstić information content (AvgIpc) is 3.07. The van der Waals surface area contributed by atoms with Crippen LogP contribution in [0.2, 0.25) is 0 Å². The summed E-state index contributed by atoms with van der Waals surface area (Å²) in [5.74, 6) is 0.472. The number of thiazole rings is 1. The molecule has 0 saturated carbocycles. The predicted molar refractivity (Wildman–Crippen MR) is 113 cm³/mol. The van der Waals surface area contributed by atoms with Crippen LogP contribution in [0.25, 0.3) is 10.2 Å². The molecule has 0 saturated heterocycles. The van der Waals surface area contributed by atoms with E-state index >= 15 is 0 Å². The first kappa shape index (κ1) is 18.7.